The molecule has 3 aromatic rings. The fourth-order valence-electron chi connectivity index (χ4n) is 1.90. The number of carbonyl (C=O) groups is 1. The van der Waals surface area contributed by atoms with E-state index in [9.17, 15) is 4.79 Å². The summed E-state index contributed by atoms with van der Waals surface area (Å²) in [7, 11) is 1.58. The number of aromatic nitrogens is 3. The van der Waals surface area contributed by atoms with E-state index in [1.54, 1.807) is 7.11 Å². The summed E-state index contributed by atoms with van der Waals surface area (Å²) in [5.41, 5.74) is 1.51. The molecule has 0 radical (unpaired) electrons. The second-order valence-electron chi connectivity index (χ2n) is 3.77. The number of methoxy groups -OCH3 is 1. The third-order valence-electron chi connectivity index (χ3n) is 2.72. The van der Waals surface area contributed by atoms with Gasteiger partial charge < -0.3 is 9.84 Å². The van der Waals surface area contributed by atoms with Gasteiger partial charge in [-0.25, -0.2) is 4.79 Å². The van der Waals surface area contributed by atoms with E-state index in [1.165, 1.54) is 15.7 Å². The normalized spacial score (nSPS) is 10.8. The van der Waals surface area contributed by atoms with Gasteiger partial charge in [-0.2, -0.15) is 0 Å². The van der Waals surface area contributed by atoms with Crippen molar-refractivity contribution in [2.75, 3.05) is 7.11 Å². The lowest BCUT2D eigenvalue weighted by Crippen LogP contribution is -2.04. The van der Waals surface area contributed by atoms with Gasteiger partial charge in [-0.05, 0) is 12.1 Å². The monoisotopic (exact) mass is 275 g/mol. The van der Waals surface area contributed by atoms with Gasteiger partial charge in [-0.3, -0.25) is 4.40 Å². The molecule has 0 saturated heterocycles. The first-order chi connectivity index (χ1) is 9.22. The minimum absolute atomic E-state index is 0.0999. The Hall–Kier alpha value is -2.41. The molecule has 7 heteroatoms. The van der Waals surface area contributed by atoms with E-state index < -0.39 is 5.97 Å². The summed E-state index contributed by atoms with van der Waals surface area (Å²) in [6.45, 7) is 0. The zero-order chi connectivity index (χ0) is 13.4. The largest absolute Gasteiger partial charge is 0.496 e. The molecule has 0 saturated carbocycles. The highest BCUT2D eigenvalue weighted by molar-refractivity contribution is 7.15. The van der Waals surface area contributed by atoms with E-state index in [0.29, 0.717) is 16.4 Å². The average Bonchev–Trinajstić information content (AvgIpc) is 2.99. The maximum absolute atomic E-state index is 11.2. The lowest BCUT2D eigenvalue weighted by molar-refractivity contribution is 0.0682. The van der Waals surface area contributed by atoms with E-state index in [4.69, 9.17) is 9.84 Å². The van der Waals surface area contributed by atoms with Crippen LogP contribution in [0.25, 0.3) is 16.2 Å². The zero-order valence-corrected chi connectivity index (χ0v) is 10.7. The maximum Gasteiger partial charge on any atom is 0.374 e. The Morgan fingerprint density at radius 3 is 2.89 bits per heavy atom. The Labute approximate surface area is 111 Å². The quantitative estimate of drug-likeness (QED) is 0.792. The Morgan fingerprint density at radius 2 is 2.16 bits per heavy atom. The lowest BCUT2D eigenvalue weighted by Gasteiger charge is -2.07. The average molecular weight is 275 g/mol. The Morgan fingerprint density at radius 1 is 1.37 bits per heavy atom. The Bertz CT molecular complexity index is 763. The van der Waals surface area contributed by atoms with Gasteiger partial charge in [0, 0.05) is 10.9 Å². The van der Waals surface area contributed by atoms with Crippen LogP contribution in [0.1, 0.15) is 10.6 Å². The predicted octanol–water partition coefficient (Wildman–Crippen LogP) is 2.16. The number of thiazole rings is 1. The summed E-state index contributed by atoms with van der Waals surface area (Å²) in [6, 6.07) is 7.41. The molecule has 2 heterocycles. The fourth-order valence-corrected chi connectivity index (χ4v) is 2.73. The van der Waals surface area contributed by atoms with Crippen LogP contribution in [-0.4, -0.2) is 32.8 Å². The molecule has 0 fully saturated rings. The van der Waals surface area contributed by atoms with Gasteiger partial charge in [0.05, 0.1) is 12.8 Å². The molecule has 19 heavy (non-hydrogen) atoms. The first kappa shape index (κ1) is 11.7. The van der Waals surface area contributed by atoms with Crippen LogP contribution in [-0.2, 0) is 0 Å². The van der Waals surface area contributed by atoms with E-state index in [1.807, 2.05) is 29.6 Å². The van der Waals surface area contributed by atoms with Crippen molar-refractivity contribution < 1.29 is 14.6 Å². The second-order valence-corrected chi connectivity index (χ2v) is 4.60. The van der Waals surface area contributed by atoms with Gasteiger partial charge in [-0.1, -0.05) is 12.1 Å². The first-order valence-electron chi connectivity index (χ1n) is 5.41. The van der Waals surface area contributed by atoms with Crippen molar-refractivity contribution in [1.82, 2.24) is 14.6 Å². The van der Waals surface area contributed by atoms with Crippen molar-refractivity contribution in [3.8, 4) is 17.0 Å². The number of carboxylic acids is 1. The molecule has 0 bridgehead atoms. The summed E-state index contributed by atoms with van der Waals surface area (Å²) in [5, 5.41) is 18.5. The van der Waals surface area contributed by atoms with Gasteiger partial charge in [0.25, 0.3) is 0 Å². The topological polar surface area (TPSA) is 76.7 Å². The number of nitrogens with zero attached hydrogens (tertiary/aromatic N) is 3. The van der Waals surface area contributed by atoms with E-state index in [0.717, 1.165) is 5.56 Å². The molecule has 96 valence electrons. The predicted molar refractivity (Wildman–Crippen MR) is 69.8 cm³/mol. The van der Waals surface area contributed by atoms with Crippen LogP contribution >= 0.6 is 11.3 Å². The number of benzene rings is 1. The zero-order valence-electron chi connectivity index (χ0n) is 9.90. The van der Waals surface area contributed by atoms with Crippen molar-refractivity contribution >= 4 is 22.3 Å². The van der Waals surface area contributed by atoms with Crippen molar-refractivity contribution in [3.05, 3.63) is 35.5 Å². The molecule has 6 nitrogen and oxygen atoms in total. The van der Waals surface area contributed by atoms with Gasteiger partial charge in [-0.15, -0.1) is 21.5 Å². The van der Waals surface area contributed by atoms with Crippen LogP contribution in [0.5, 0.6) is 5.75 Å². The molecule has 0 aliphatic rings. The number of para-hydroxylation sites is 1. The maximum atomic E-state index is 11.2. The van der Waals surface area contributed by atoms with E-state index in [-0.39, 0.29) is 5.82 Å². The van der Waals surface area contributed by atoms with E-state index >= 15 is 0 Å². The summed E-state index contributed by atoms with van der Waals surface area (Å²) >= 11 is 1.34. The molecule has 0 atom stereocenters. The first-order valence-corrected chi connectivity index (χ1v) is 6.29. The SMILES string of the molecule is COc1ccccc1-c1csc2nnc(C(=O)O)n12. The summed E-state index contributed by atoms with van der Waals surface area (Å²) in [4.78, 5) is 11.7. The molecule has 0 amide bonds. The third kappa shape index (κ3) is 1.75. The number of hydrogen-bond acceptors (Lipinski definition) is 5. The number of carboxylic acid groups (broad SMARTS) is 1. The number of fused-ring (bicyclic) bond motifs is 1. The van der Waals surface area contributed by atoms with Crippen LogP contribution < -0.4 is 4.74 Å². The lowest BCUT2D eigenvalue weighted by atomic mass is 10.1. The molecule has 0 spiro atoms. The molecule has 0 aliphatic carbocycles. The molecule has 0 unspecified atom stereocenters. The molecule has 1 aromatic carbocycles. The number of aromatic carboxylic acids is 1. The van der Waals surface area contributed by atoms with Crippen LogP contribution in [0.2, 0.25) is 0 Å². The van der Waals surface area contributed by atoms with Crippen molar-refractivity contribution in [1.29, 1.82) is 0 Å². The number of rotatable bonds is 3. The Balaban J connectivity index is 2.30. The van der Waals surface area contributed by atoms with Gasteiger partial charge in [0.1, 0.15) is 5.75 Å². The van der Waals surface area contributed by atoms with Crippen molar-refractivity contribution in [2.45, 2.75) is 0 Å². The standard InChI is InChI=1S/C12H9N3O3S/c1-18-9-5-3-2-4-7(9)8-6-19-12-14-13-10(11(16)17)15(8)12/h2-6H,1H3,(H,16,17). The van der Waals surface area contributed by atoms with Crippen LogP contribution in [0.4, 0.5) is 0 Å². The minimum atomic E-state index is -1.11. The van der Waals surface area contributed by atoms with E-state index in [2.05, 4.69) is 10.2 Å². The highest BCUT2D eigenvalue weighted by atomic mass is 32.1. The fraction of sp³-hybridized carbons (Fsp3) is 0.0833. The van der Waals surface area contributed by atoms with Crippen LogP contribution in [0.3, 0.4) is 0 Å². The summed E-state index contributed by atoms with van der Waals surface area (Å²) in [6.07, 6.45) is 0. The molecule has 1 N–H and O–H groups in total. The molecular formula is C12H9N3O3S. The third-order valence-corrected chi connectivity index (χ3v) is 3.54. The number of ether oxygens (including phenoxy) is 1. The molecule has 0 aliphatic heterocycles. The van der Waals surface area contributed by atoms with Gasteiger partial charge >= 0.3 is 5.97 Å². The van der Waals surface area contributed by atoms with Crippen molar-refractivity contribution in [2.24, 2.45) is 0 Å². The van der Waals surface area contributed by atoms with Crippen molar-refractivity contribution in [3.63, 3.8) is 0 Å². The summed E-state index contributed by atoms with van der Waals surface area (Å²) in [5.74, 6) is -0.536. The van der Waals surface area contributed by atoms with Crippen LogP contribution in [0, 0.1) is 0 Å². The number of hydrogen-bond donors (Lipinski definition) is 1. The highest BCUT2D eigenvalue weighted by Gasteiger charge is 2.19. The molecule has 2 aromatic heterocycles. The molecular weight excluding hydrogens is 266 g/mol. The second kappa shape index (κ2) is 4.36. The van der Waals surface area contributed by atoms with Gasteiger partial charge in [0.2, 0.25) is 10.8 Å². The summed E-state index contributed by atoms with van der Waals surface area (Å²) < 4.78 is 6.82. The van der Waals surface area contributed by atoms with Gasteiger partial charge in [0.15, 0.2) is 0 Å². The highest BCUT2D eigenvalue weighted by Crippen LogP contribution is 2.33. The van der Waals surface area contributed by atoms with Crippen LogP contribution in [0.15, 0.2) is 29.6 Å². The molecule has 3 rings (SSSR count). The smallest absolute Gasteiger partial charge is 0.374 e. The Kier molecular flexibility index (Phi) is 2.68. The minimum Gasteiger partial charge on any atom is -0.496 e.